The van der Waals surface area contributed by atoms with E-state index in [1.165, 1.54) is 13.8 Å². The van der Waals surface area contributed by atoms with Crippen LogP contribution >= 0.6 is 0 Å². The van der Waals surface area contributed by atoms with Crippen molar-refractivity contribution >= 4 is 12.1 Å². The van der Waals surface area contributed by atoms with Crippen LogP contribution in [0.1, 0.15) is 61.8 Å². The fourth-order valence-corrected chi connectivity index (χ4v) is 1.72. The van der Waals surface area contributed by atoms with Crippen LogP contribution in [0.25, 0.3) is 0 Å². The largest absolute Gasteiger partial charge is 0.543 e. The third kappa shape index (κ3) is 10.8. The second-order valence-electron chi connectivity index (χ2n) is 7.36. The second kappa shape index (κ2) is 9.17. The summed E-state index contributed by atoms with van der Waals surface area (Å²) in [6.45, 7) is 17.0. The Kier molecular flexibility index (Phi) is 8.57. The summed E-state index contributed by atoms with van der Waals surface area (Å²) in [6, 6.07) is 0. The highest BCUT2D eigenvalue weighted by Gasteiger charge is 2.42. The monoisotopic (exact) mass is 362 g/mol. The van der Waals surface area contributed by atoms with Crippen LogP contribution in [0.5, 0.6) is 0 Å². The fraction of sp³-hybridized carbons (Fsp3) is 0.765. The van der Waals surface area contributed by atoms with Gasteiger partial charge in [-0.1, -0.05) is 6.58 Å². The quantitative estimate of drug-likeness (QED) is 0.201. The van der Waals surface area contributed by atoms with Crippen LogP contribution in [-0.4, -0.2) is 35.7 Å². The summed E-state index contributed by atoms with van der Waals surface area (Å²) in [5.41, 5.74) is -1.35. The zero-order valence-electron chi connectivity index (χ0n) is 16.4. The number of hydrogen-bond acceptors (Lipinski definition) is 8. The Morgan fingerprint density at radius 3 is 1.96 bits per heavy atom. The summed E-state index contributed by atoms with van der Waals surface area (Å²) in [5.74, 6) is -2.41. The average molecular weight is 362 g/mol. The summed E-state index contributed by atoms with van der Waals surface area (Å²) in [6.07, 6.45) is -1.18. The molecule has 0 saturated heterocycles. The maximum atomic E-state index is 11.9. The molecule has 0 aromatic heterocycles. The number of ether oxygens (including phenoxy) is 2. The van der Waals surface area contributed by atoms with E-state index >= 15 is 0 Å². The molecule has 0 amide bonds. The van der Waals surface area contributed by atoms with Gasteiger partial charge in [0.1, 0.15) is 5.60 Å². The third-order valence-corrected chi connectivity index (χ3v) is 2.47. The van der Waals surface area contributed by atoms with Gasteiger partial charge in [0.25, 0.3) is 5.79 Å². The van der Waals surface area contributed by atoms with Gasteiger partial charge in [-0.05, 0) is 48.5 Å². The van der Waals surface area contributed by atoms with Crippen LogP contribution < -0.4 is 0 Å². The lowest BCUT2D eigenvalue weighted by molar-refractivity contribution is -0.407. The molecule has 0 aromatic carbocycles. The highest BCUT2D eigenvalue weighted by molar-refractivity contribution is 5.87. The van der Waals surface area contributed by atoms with E-state index in [0.717, 1.165) is 0 Å². The molecule has 0 spiro atoms. The van der Waals surface area contributed by atoms with E-state index in [1.54, 1.807) is 20.8 Å². The molecule has 25 heavy (non-hydrogen) atoms. The minimum atomic E-state index is -1.69. The molecule has 0 aliphatic heterocycles. The van der Waals surface area contributed by atoms with Crippen molar-refractivity contribution in [3.05, 3.63) is 12.2 Å². The van der Waals surface area contributed by atoms with Gasteiger partial charge in [0.15, 0.2) is 0 Å². The Hall–Kier alpha value is -1.64. The van der Waals surface area contributed by atoms with Crippen molar-refractivity contribution in [2.45, 2.75) is 78.8 Å². The Balaban J connectivity index is 5.18. The van der Waals surface area contributed by atoms with Gasteiger partial charge in [-0.15, -0.1) is 0 Å². The molecule has 1 unspecified atom stereocenters. The van der Waals surface area contributed by atoms with Gasteiger partial charge in [0.05, 0.1) is 18.6 Å². The minimum Gasteiger partial charge on any atom is -0.419 e. The van der Waals surface area contributed by atoms with Gasteiger partial charge in [-0.2, -0.15) is 4.89 Å². The van der Waals surface area contributed by atoms with E-state index in [1.807, 2.05) is 20.8 Å². The number of hydrogen-bond donors (Lipinski definition) is 0. The van der Waals surface area contributed by atoms with Crippen molar-refractivity contribution in [2.24, 2.45) is 0 Å². The molecule has 0 radical (unpaired) electrons. The molecule has 0 rings (SSSR count). The Morgan fingerprint density at radius 2 is 1.52 bits per heavy atom. The molecule has 0 bridgehead atoms. The van der Waals surface area contributed by atoms with E-state index < -0.39 is 29.1 Å². The van der Waals surface area contributed by atoms with Gasteiger partial charge in [-0.25, -0.2) is 19.4 Å². The lowest BCUT2D eigenvalue weighted by atomic mass is 9.99. The zero-order valence-corrected chi connectivity index (χ0v) is 16.4. The number of esters is 1. The van der Waals surface area contributed by atoms with Gasteiger partial charge in [0.2, 0.25) is 0 Å². The minimum absolute atomic E-state index is 0.0314. The Morgan fingerprint density at radius 1 is 0.960 bits per heavy atom. The van der Waals surface area contributed by atoms with Crippen molar-refractivity contribution in [2.75, 3.05) is 6.61 Å². The topological polar surface area (TPSA) is 89.5 Å². The van der Waals surface area contributed by atoms with Crippen LogP contribution in [0.2, 0.25) is 0 Å². The summed E-state index contributed by atoms with van der Waals surface area (Å²) < 4.78 is 10.4. The van der Waals surface area contributed by atoms with E-state index in [4.69, 9.17) is 19.2 Å². The van der Waals surface area contributed by atoms with Gasteiger partial charge in [-0.3, -0.25) is 4.89 Å². The molecule has 0 heterocycles. The first kappa shape index (κ1) is 23.4. The molecule has 8 nitrogen and oxygen atoms in total. The average Bonchev–Trinajstić information content (AvgIpc) is 2.41. The summed E-state index contributed by atoms with van der Waals surface area (Å²) >= 11 is 0. The summed E-state index contributed by atoms with van der Waals surface area (Å²) in [5, 5.41) is 0. The van der Waals surface area contributed by atoms with Crippen molar-refractivity contribution in [3.8, 4) is 0 Å². The van der Waals surface area contributed by atoms with E-state index in [2.05, 4.69) is 16.4 Å². The number of carbonyl (C=O) groups excluding carboxylic acids is 2. The van der Waals surface area contributed by atoms with Gasteiger partial charge in [0, 0.05) is 12.5 Å². The van der Waals surface area contributed by atoms with E-state index in [-0.39, 0.29) is 18.6 Å². The predicted molar refractivity (Wildman–Crippen MR) is 89.1 cm³/mol. The number of rotatable bonds is 9. The van der Waals surface area contributed by atoms with Crippen molar-refractivity contribution in [1.82, 2.24) is 0 Å². The maximum absolute atomic E-state index is 11.9. The molecule has 0 aromatic rings. The maximum Gasteiger partial charge on any atom is 0.543 e. The molecular weight excluding hydrogens is 332 g/mol. The van der Waals surface area contributed by atoms with Crippen molar-refractivity contribution in [3.63, 3.8) is 0 Å². The molecule has 0 aliphatic rings. The van der Waals surface area contributed by atoms with Gasteiger partial charge < -0.3 is 9.47 Å². The fourth-order valence-electron chi connectivity index (χ4n) is 1.72. The smallest absolute Gasteiger partial charge is 0.419 e. The van der Waals surface area contributed by atoms with Crippen LogP contribution in [0, 0.1) is 0 Å². The molecule has 1 atom stereocenters. The standard InChI is InChI=1S/C17H30O8/c1-10-20-23-14(19)22-17(9,21-13(18)12(2)3)11-16(7,8)25-24-15(4,5)6/h2,10-11H2,1,3-9H3. The lowest BCUT2D eigenvalue weighted by Crippen LogP contribution is -2.45. The van der Waals surface area contributed by atoms with Crippen LogP contribution in [0.15, 0.2) is 12.2 Å². The first-order chi connectivity index (χ1) is 11.2. The molecular formula is C17H30O8. The van der Waals surface area contributed by atoms with E-state index in [9.17, 15) is 9.59 Å². The molecule has 0 aliphatic carbocycles. The summed E-state index contributed by atoms with van der Waals surface area (Å²) in [7, 11) is 0. The summed E-state index contributed by atoms with van der Waals surface area (Å²) in [4.78, 5) is 43.3. The molecule has 146 valence electrons. The van der Waals surface area contributed by atoms with Crippen LogP contribution in [0.4, 0.5) is 4.79 Å². The van der Waals surface area contributed by atoms with Crippen LogP contribution in [0.3, 0.4) is 0 Å². The Labute approximate surface area is 149 Å². The lowest BCUT2D eigenvalue weighted by Gasteiger charge is -2.36. The highest BCUT2D eigenvalue weighted by atomic mass is 17.2. The molecule has 0 saturated carbocycles. The molecule has 0 fully saturated rings. The first-order valence-corrected chi connectivity index (χ1v) is 7.98. The molecule has 8 heteroatoms. The molecule has 0 N–H and O–H groups in total. The third-order valence-electron chi connectivity index (χ3n) is 2.47. The van der Waals surface area contributed by atoms with Crippen molar-refractivity contribution in [1.29, 1.82) is 0 Å². The second-order valence-corrected chi connectivity index (χ2v) is 7.36. The first-order valence-electron chi connectivity index (χ1n) is 7.98. The predicted octanol–water partition coefficient (Wildman–Crippen LogP) is 3.84. The van der Waals surface area contributed by atoms with Gasteiger partial charge >= 0.3 is 12.1 Å². The SMILES string of the molecule is C=C(C)C(=O)OC(C)(CC(C)(C)OOC(C)(C)C)OC(=O)OOCC. The normalized spacial score (nSPS) is 14.4. The van der Waals surface area contributed by atoms with Crippen LogP contribution in [-0.2, 0) is 33.8 Å². The zero-order chi connectivity index (χ0) is 19.9. The number of carbonyl (C=O) groups is 2. The Bertz CT molecular complexity index is 478. The van der Waals surface area contributed by atoms with E-state index in [0.29, 0.717) is 0 Å². The van der Waals surface area contributed by atoms with Crippen molar-refractivity contribution < 1.29 is 38.6 Å². The highest BCUT2D eigenvalue weighted by Crippen LogP contribution is 2.30.